The van der Waals surface area contributed by atoms with Crippen LogP contribution in [0.4, 0.5) is 0 Å². The summed E-state index contributed by atoms with van der Waals surface area (Å²) in [6.45, 7) is 0. The van der Waals surface area contributed by atoms with Crippen LogP contribution >= 0.6 is 0 Å². The lowest BCUT2D eigenvalue weighted by atomic mass is 10.1. The number of fused-ring (bicyclic) bond motifs is 1. The Kier molecular flexibility index (Phi) is 1.02. The fourth-order valence-corrected chi connectivity index (χ4v) is 0.966. The molecule has 0 spiro atoms. The van der Waals surface area contributed by atoms with Gasteiger partial charge in [-0.05, 0) is 0 Å². The van der Waals surface area contributed by atoms with Crippen LogP contribution in [0.3, 0.4) is 0 Å². The fraction of sp³-hybridized carbons (Fsp3) is 0. The second-order valence-corrected chi connectivity index (χ2v) is 2.14. The number of allylic oxidation sites excluding steroid dienone is 4. The highest BCUT2D eigenvalue weighted by Gasteiger charge is 2.42. The average molecular weight is 147 g/mol. The molecule has 3 nitrogen and oxygen atoms in total. The highest BCUT2D eigenvalue weighted by atomic mass is 16.6. The van der Waals surface area contributed by atoms with Crippen LogP contribution in [0, 0.1) is 6.08 Å². The van der Waals surface area contributed by atoms with E-state index < -0.39 is 11.9 Å². The first-order chi connectivity index (χ1) is 5.29. The average Bonchev–Trinajstić information content (AvgIpc) is 2.30. The summed E-state index contributed by atoms with van der Waals surface area (Å²) < 4.78 is 4.32. The number of rotatable bonds is 0. The Morgan fingerprint density at radius 2 is 2.09 bits per heavy atom. The van der Waals surface area contributed by atoms with Gasteiger partial charge in [-0.15, -0.1) is 0 Å². The van der Waals surface area contributed by atoms with Crippen LogP contribution in [0.5, 0.6) is 0 Å². The summed E-state index contributed by atoms with van der Waals surface area (Å²) in [7, 11) is 0. The maximum atomic E-state index is 10.8. The normalized spacial score (nSPS) is 20.0. The highest BCUT2D eigenvalue weighted by molar-refractivity contribution is 6.18. The van der Waals surface area contributed by atoms with Gasteiger partial charge in [-0.1, -0.05) is 0 Å². The molecule has 0 aromatic heterocycles. The van der Waals surface area contributed by atoms with Gasteiger partial charge < -0.3 is 4.74 Å². The van der Waals surface area contributed by atoms with Gasteiger partial charge in [0.2, 0.25) is 5.57 Å². The van der Waals surface area contributed by atoms with E-state index >= 15 is 0 Å². The van der Waals surface area contributed by atoms with Crippen molar-refractivity contribution >= 4 is 11.9 Å². The molecular formula is C8H3O3+. The van der Waals surface area contributed by atoms with E-state index in [0.717, 1.165) is 0 Å². The minimum atomic E-state index is -0.606. The van der Waals surface area contributed by atoms with Gasteiger partial charge in [-0.2, -0.15) is 4.79 Å². The highest BCUT2D eigenvalue weighted by Crippen LogP contribution is 2.23. The third-order valence-electron chi connectivity index (χ3n) is 1.47. The quantitative estimate of drug-likeness (QED) is 0.281. The monoisotopic (exact) mass is 147 g/mol. The lowest BCUT2D eigenvalue weighted by Crippen LogP contribution is -1.96. The van der Waals surface area contributed by atoms with Gasteiger partial charge in [0.05, 0.1) is 6.08 Å². The first kappa shape index (κ1) is 6.01. The molecule has 0 atom stereocenters. The van der Waals surface area contributed by atoms with E-state index in [0.29, 0.717) is 5.57 Å². The Morgan fingerprint density at radius 1 is 1.27 bits per heavy atom. The van der Waals surface area contributed by atoms with Crippen molar-refractivity contribution in [3.05, 3.63) is 35.5 Å². The fourth-order valence-electron chi connectivity index (χ4n) is 0.966. The molecule has 1 aliphatic heterocycles. The minimum absolute atomic E-state index is 0.234. The van der Waals surface area contributed by atoms with E-state index in [4.69, 9.17) is 0 Å². The summed E-state index contributed by atoms with van der Waals surface area (Å²) in [5, 5.41) is 0. The van der Waals surface area contributed by atoms with Crippen molar-refractivity contribution in [3.8, 4) is 0 Å². The Balaban J connectivity index is 2.59. The van der Waals surface area contributed by atoms with E-state index in [-0.39, 0.29) is 5.57 Å². The van der Waals surface area contributed by atoms with Crippen LogP contribution in [0.2, 0.25) is 0 Å². The van der Waals surface area contributed by atoms with Crippen molar-refractivity contribution in [2.75, 3.05) is 0 Å². The number of ether oxygens (including phenoxy) is 1. The molecule has 1 heterocycles. The Morgan fingerprint density at radius 3 is 2.82 bits per heavy atom. The van der Waals surface area contributed by atoms with E-state index in [2.05, 4.69) is 10.8 Å². The van der Waals surface area contributed by atoms with Gasteiger partial charge in [0.15, 0.2) is 5.57 Å². The van der Waals surface area contributed by atoms with Crippen LogP contribution in [0.15, 0.2) is 29.4 Å². The number of cyclic esters (lactones) is 2. The number of hydrogen-bond acceptors (Lipinski definition) is 3. The van der Waals surface area contributed by atoms with Crippen LogP contribution < -0.4 is 0 Å². The predicted octanol–water partition coefficient (Wildman–Crippen LogP) is 0.296. The molecule has 3 heteroatoms. The SMILES string of the molecule is O=C1OC(=O)C2=CC=C[C+]=C12. The van der Waals surface area contributed by atoms with Crippen molar-refractivity contribution < 1.29 is 14.3 Å². The molecular weight excluding hydrogens is 144 g/mol. The van der Waals surface area contributed by atoms with Crippen LogP contribution in [0.25, 0.3) is 0 Å². The van der Waals surface area contributed by atoms with E-state index in [9.17, 15) is 9.59 Å². The lowest BCUT2D eigenvalue weighted by Gasteiger charge is -1.82. The van der Waals surface area contributed by atoms with Crippen molar-refractivity contribution in [1.82, 2.24) is 0 Å². The molecule has 1 saturated heterocycles. The summed E-state index contributed by atoms with van der Waals surface area (Å²) in [5.41, 5.74) is 0.537. The van der Waals surface area contributed by atoms with Crippen LogP contribution in [0.1, 0.15) is 0 Å². The maximum Gasteiger partial charge on any atom is 0.441 e. The molecule has 1 aliphatic carbocycles. The second-order valence-electron chi connectivity index (χ2n) is 2.14. The van der Waals surface area contributed by atoms with Crippen molar-refractivity contribution in [2.45, 2.75) is 0 Å². The van der Waals surface area contributed by atoms with Gasteiger partial charge >= 0.3 is 11.9 Å². The molecule has 2 aliphatic rings. The Labute approximate surface area is 62.6 Å². The molecule has 52 valence electrons. The summed E-state index contributed by atoms with van der Waals surface area (Å²) in [5.74, 6) is -1.19. The number of hydrogen-bond donors (Lipinski definition) is 0. The number of esters is 2. The van der Waals surface area contributed by atoms with Crippen molar-refractivity contribution in [2.24, 2.45) is 0 Å². The molecule has 1 fully saturated rings. The molecule has 0 bridgehead atoms. The van der Waals surface area contributed by atoms with Gasteiger partial charge in [0, 0.05) is 18.2 Å². The van der Waals surface area contributed by atoms with Gasteiger partial charge in [-0.25, -0.2) is 4.79 Å². The zero-order valence-electron chi connectivity index (χ0n) is 5.46. The third-order valence-corrected chi connectivity index (χ3v) is 1.47. The molecule has 11 heavy (non-hydrogen) atoms. The standard InChI is InChI=1S/C8H3O3/c9-7-5-3-1-2-4-6(5)8(10)11-7/h1-3H/q+1. The van der Waals surface area contributed by atoms with E-state index in [1.54, 1.807) is 18.2 Å². The van der Waals surface area contributed by atoms with Crippen LogP contribution in [-0.4, -0.2) is 11.9 Å². The minimum Gasteiger partial charge on any atom is -0.327 e. The van der Waals surface area contributed by atoms with Gasteiger partial charge in [0.25, 0.3) is 0 Å². The molecule has 2 rings (SSSR count). The second kappa shape index (κ2) is 1.87. The zero-order chi connectivity index (χ0) is 7.84. The number of carbonyl (C=O) groups is 2. The molecule has 0 unspecified atom stereocenters. The Bertz CT molecular complexity index is 299. The first-order valence-electron chi connectivity index (χ1n) is 3.06. The predicted molar refractivity (Wildman–Crippen MR) is 35.1 cm³/mol. The molecule has 0 aromatic rings. The topological polar surface area (TPSA) is 43.4 Å². The largest absolute Gasteiger partial charge is 0.441 e. The van der Waals surface area contributed by atoms with Gasteiger partial charge in [0.1, 0.15) is 0 Å². The summed E-state index contributed by atoms with van der Waals surface area (Å²) in [6, 6.07) is 0. The van der Waals surface area contributed by atoms with E-state index in [1.807, 2.05) is 0 Å². The molecule has 0 amide bonds. The Hall–Kier alpha value is -1.73. The summed E-state index contributed by atoms with van der Waals surface area (Å²) in [6.07, 6.45) is 7.38. The maximum absolute atomic E-state index is 10.8. The van der Waals surface area contributed by atoms with Crippen LogP contribution in [-0.2, 0) is 14.3 Å². The summed E-state index contributed by atoms with van der Waals surface area (Å²) in [4.78, 5) is 21.6. The van der Waals surface area contributed by atoms with E-state index in [1.165, 1.54) is 0 Å². The molecule has 0 saturated carbocycles. The molecule has 0 aromatic carbocycles. The molecule has 0 N–H and O–H groups in total. The number of carbonyl (C=O) groups excluding carboxylic acids is 2. The zero-order valence-corrected chi connectivity index (χ0v) is 5.46. The summed E-state index contributed by atoms with van der Waals surface area (Å²) >= 11 is 0. The van der Waals surface area contributed by atoms with Gasteiger partial charge in [-0.3, -0.25) is 0 Å². The molecule has 0 radical (unpaired) electrons. The van der Waals surface area contributed by atoms with Crippen molar-refractivity contribution in [3.63, 3.8) is 0 Å². The third kappa shape index (κ3) is 0.719. The smallest absolute Gasteiger partial charge is 0.327 e. The van der Waals surface area contributed by atoms with Crippen molar-refractivity contribution in [1.29, 1.82) is 0 Å². The lowest BCUT2D eigenvalue weighted by molar-refractivity contribution is -0.149. The first-order valence-corrected chi connectivity index (χ1v) is 3.06.